The minimum Gasteiger partial charge on any atom is -0.493 e. The molecule has 7 nitrogen and oxygen atoms in total. The molecule has 3 atom stereocenters. The molecule has 1 aromatic carbocycles. The number of methoxy groups -OCH3 is 1. The highest BCUT2D eigenvalue weighted by molar-refractivity contribution is 8.02. The van der Waals surface area contributed by atoms with Crippen molar-refractivity contribution in [3.05, 3.63) is 58.1 Å². The number of amides is 1. The highest BCUT2D eigenvalue weighted by Crippen LogP contribution is 2.59. The van der Waals surface area contributed by atoms with E-state index in [0.29, 0.717) is 11.8 Å². The zero-order valence-electron chi connectivity index (χ0n) is 16.7. The van der Waals surface area contributed by atoms with Gasteiger partial charge in [0, 0.05) is 28.3 Å². The number of nitrogens with one attached hydrogen (secondary N) is 1. The van der Waals surface area contributed by atoms with Crippen molar-refractivity contribution in [1.82, 2.24) is 4.98 Å². The molecule has 0 spiro atoms. The normalized spacial score (nSPS) is 22.8. The average molecular weight is 473 g/mol. The topological polar surface area (TPSA) is 100.0 Å². The predicted octanol–water partition coefficient (Wildman–Crippen LogP) is 5.86. The van der Waals surface area contributed by atoms with Crippen LogP contribution in [0.5, 0.6) is 5.75 Å². The van der Waals surface area contributed by atoms with E-state index >= 15 is 0 Å². The summed E-state index contributed by atoms with van der Waals surface area (Å²) in [5, 5.41) is 4.47. The van der Waals surface area contributed by atoms with Crippen molar-refractivity contribution in [2.24, 2.45) is 5.11 Å². The fourth-order valence-corrected chi connectivity index (χ4v) is 5.03. The zero-order chi connectivity index (χ0) is 23.7. The molecule has 32 heavy (non-hydrogen) atoms. The highest BCUT2D eigenvalue weighted by Gasteiger charge is 2.60. The Hall–Kier alpha value is -3.05. The van der Waals surface area contributed by atoms with E-state index in [1.807, 2.05) is 0 Å². The third-order valence-corrected chi connectivity index (χ3v) is 6.78. The molecule has 0 aliphatic carbocycles. The van der Waals surface area contributed by atoms with Crippen LogP contribution in [0, 0.1) is 11.6 Å². The number of alkyl halides is 3. The van der Waals surface area contributed by atoms with Crippen LogP contribution in [0.2, 0.25) is 0 Å². The van der Waals surface area contributed by atoms with Crippen LogP contribution in [-0.2, 0) is 4.79 Å². The van der Waals surface area contributed by atoms with Crippen LogP contribution < -0.4 is 10.1 Å². The number of carbonyl (C=O) groups is 1. The van der Waals surface area contributed by atoms with Crippen LogP contribution >= 0.6 is 11.8 Å². The third-order valence-electron chi connectivity index (χ3n) is 5.06. The second kappa shape index (κ2) is 8.83. The molecule has 2 heterocycles. The van der Waals surface area contributed by atoms with Gasteiger partial charge in [0.15, 0.2) is 11.6 Å². The molecule has 170 valence electrons. The lowest BCUT2D eigenvalue weighted by Crippen LogP contribution is -2.37. The Labute approximate surface area is 183 Å². The molecular weight excluding hydrogens is 457 g/mol. The van der Waals surface area contributed by atoms with Gasteiger partial charge < -0.3 is 10.1 Å². The highest BCUT2D eigenvalue weighted by atomic mass is 32.2. The molecule has 1 aliphatic rings. The molecule has 1 saturated heterocycles. The first kappa shape index (κ1) is 23.6. The lowest BCUT2D eigenvalue weighted by molar-refractivity contribution is -0.155. The summed E-state index contributed by atoms with van der Waals surface area (Å²) in [5.41, 5.74) is 8.60. The van der Waals surface area contributed by atoms with Gasteiger partial charge in [-0.05, 0) is 42.2 Å². The molecule has 3 rings (SSSR count). The fraction of sp³-hybridized carbons (Fsp3) is 0.368. The summed E-state index contributed by atoms with van der Waals surface area (Å²) in [6.07, 6.45) is -3.97. The van der Waals surface area contributed by atoms with Crippen LogP contribution in [0.1, 0.15) is 24.8 Å². The van der Waals surface area contributed by atoms with Gasteiger partial charge in [0.05, 0.1) is 12.4 Å². The number of benzene rings is 1. The van der Waals surface area contributed by atoms with Crippen molar-refractivity contribution >= 4 is 29.2 Å². The van der Waals surface area contributed by atoms with E-state index in [0.717, 1.165) is 26.2 Å². The molecule has 0 saturated carbocycles. The van der Waals surface area contributed by atoms with Gasteiger partial charge in [0.2, 0.25) is 11.7 Å². The third kappa shape index (κ3) is 4.44. The van der Waals surface area contributed by atoms with Gasteiger partial charge in [-0.2, -0.15) is 17.6 Å². The molecule has 2 aromatic rings. The molecular formula is C19H16F5N5O2S. The summed E-state index contributed by atoms with van der Waals surface area (Å²) in [6, 6.07) is 4.51. The van der Waals surface area contributed by atoms with E-state index in [2.05, 4.69) is 20.3 Å². The molecule has 1 N–H and O–H groups in total. The van der Waals surface area contributed by atoms with Gasteiger partial charge in [-0.15, -0.1) is 11.8 Å². The smallest absolute Gasteiger partial charge is 0.403 e. The lowest BCUT2D eigenvalue weighted by Gasteiger charge is -2.26. The number of nitrogens with zero attached hydrogens (tertiary/aromatic N) is 4. The maximum Gasteiger partial charge on any atom is 0.403 e. The van der Waals surface area contributed by atoms with E-state index in [1.54, 1.807) is 0 Å². The van der Waals surface area contributed by atoms with Gasteiger partial charge in [0.1, 0.15) is 10.6 Å². The molecule has 13 heteroatoms. The number of rotatable bonds is 5. The Kier molecular flexibility index (Phi) is 6.51. The average Bonchev–Trinajstić information content (AvgIpc) is 3.09. The number of aromatic nitrogens is 1. The summed E-state index contributed by atoms with van der Waals surface area (Å²) < 4.78 is 71.9. The number of thioether (sulfide) groups is 1. The van der Waals surface area contributed by atoms with E-state index in [-0.39, 0.29) is 17.1 Å². The minimum absolute atomic E-state index is 0.0449. The minimum atomic E-state index is -4.66. The van der Waals surface area contributed by atoms with E-state index in [9.17, 15) is 26.7 Å². The zero-order valence-corrected chi connectivity index (χ0v) is 17.5. The first-order valence-corrected chi connectivity index (χ1v) is 9.97. The van der Waals surface area contributed by atoms with Gasteiger partial charge >= 0.3 is 6.18 Å². The number of azide groups is 1. The van der Waals surface area contributed by atoms with Gasteiger partial charge in [-0.1, -0.05) is 6.07 Å². The Morgan fingerprint density at radius 3 is 2.72 bits per heavy atom. The molecule has 1 aromatic heterocycles. The van der Waals surface area contributed by atoms with E-state index in [1.165, 1.54) is 18.3 Å². The summed E-state index contributed by atoms with van der Waals surface area (Å²) in [4.78, 5) is 19.4. The summed E-state index contributed by atoms with van der Waals surface area (Å²) in [6.45, 7) is 0.955. The van der Waals surface area contributed by atoms with Crippen LogP contribution in [0.25, 0.3) is 10.4 Å². The first-order valence-electron chi connectivity index (χ1n) is 9.09. The van der Waals surface area contributed by atoms with Crippen molar-refractivity contribution in [3.63, 3.8) is 0 Å². The van der Waals surface area contributed by atoms with Crippen molar-refractivity contribution in [2.45, 2.75) is 35.4 Å². The Morgan fingerprint density at radius 2 is 2.09 bits per heavy atom. The fourth-order valence-electron chi connectivity index (χ4n) is 3.49. The molecule has 1 aliphatic heterocycles. The summed E-state index contributed by atoms with van der Waals surface area (Å²) in [7, 11) is 1.07. The Bertz CT molecular complexity index is 1090. The lowest BCUT2D eigenvalue weighted by atomic mass is 9.85. The SMILES string of the molecule is COc1c([C@@H]2C[C@](C)(C(F)(F)F)S[C@H]2C(=O)Nc2ccnc(N=[N+]=[N-])c2)ccc(F)c1F. The van der Waals surface area contributed by atoms with Gasteiger partial charge in [-0.25, -0.2) is 4.39 Å². The van der Waals surface area contributed by atoms with Crippen molar-refractivity contribution in [1.29, 1.82) is 0 Å². The van der Waals surface area contributed by atoms with Crippen LogP contribution in [-0.4, -0.2) is 34.2 Å². The van der Waals surface area contributed by atoms with E-state index < -0.39 is 51.8 Å². The number of halogens is 5. The molecule has 1 amide bonds. The molecule has 0 radical (unpaired) electrons. The predicted molar refractivity (Wildman–Crippen MR) is 108 cm³/mol. The van der Waals surface area contributed by atoms with Crippen LogP contribution in [0.4, 0.5) is 33.5 Å². The number of hydrogen-bond acceptors (Lipinski definition) is 5. The van der Waals surface area contributed by atoms with Crippen LogP contribution in [0.15, 0.2) is 35.6 Å². The molecule has 1 fully saturated rings. The van der Waals surface area contributed by atoms with Crippen molar-refractivity contribution < 1.29 is 31.5 Å². The Morgan fingerprint density at radius 1 is 1.38 bits per heavy atom. The van der Waals surface area contributed by atoms with Gasteiger partial charge in [0.25, 0.3) is 0 Å². The second-order valence-electron chi connectivity index (χ2n) is 7.14. The van der Waals surface area contributed by atoms with Crippen molar-refractivity contribution in [3.8, 4) is 5.75 Å². The number of hydrogen-bond donors (Lipinski definition) is 1. The molecule has 0 unspecified atom stereocenters. The van der Waals surface area contributed by atoms with Gasteiger partial charge in [-0.3, -0.25) is 9.78 Å². The quantitative estimate of drug-likeness (QED) is 0.254. The summed E-state index contributed by atoms with van der Waals surface area (Å²) >= 11 is 0.388. The largest absolute Gasteiger partial charge is 0.493 e. The monoisotopic (exact) mass is 473 g/mol. The summed E-state index contributed by atoms with van der Waals surface area (Å²) in [5.74, 6) is -5.09. The van der Waals surface area contributed by atoms with Crippen LogP contribution in [0.3, 0.4) is 0 Å². The number of pyridine rings is 1. The standard InChI is InChI=1S/C19H16F5N5O2S/c1-18(19(22,23)24)8-11(10-3-4-12(20)14(21)15(10)31-2)16(32-18)17(30)27-9-5-6-26-13(7-9)28-29-25/h3-7,11,16H,8H2,1-2H3,(H,26,27,30)/t11-,16+,18+/m0/s1. The molecule has 0 bridgehead atoms. The maximum atomic E-state index is 14.3. The van der Waals surface area contributed by atoms with E-state index in [4.69, 9.17) is 10.3 Å². The number of carbonyl (C=O) groups excluding carboxylic acids is 1. The van der Waals surface area contributed by atoms with Crippen molar-refractivity contribution in [2.75, 3.05) is 12.4 Å². The Balaban J connectivity index is 2.01. The first-order chi connectivity index (χ1) is 15.0. The number of ether oxygens (including phenoxy) is 1. The maximum absolute atomic E-state index is 14.3. The number of anilines is 1. The second-order valence-corrected chi connectivity index (χ2v) is 8.79.